The molecule has 0 saturated carbocycles. The monoisotopic (exact) mass is 358 g/mol. The molecule has 0 amide bonds. The maximum absolute atomic E-state index is 3.85. The fourth-order valence-electron chi connectivity index (χ4n) is 3.33. The molecule has 0 nitrogen and oxygen atoms in total. The summed E-state index contributed by atoms with van der Waals surface area (Å²) in [7, 11) is 0. The zero-order chi connectivity index (χ0) is 16.4. The van der Waals surface area contributed by atoms with Gasteiger partial charge in [-0.05, 0) is 51.6 Å². The fraction of sp³-hybridized carbons (Fsp3) is 0.429. The van der Waals surface area contributed by atoms with Gasteiger partial charge in [-0.15, -0.1) is 0 Å². The van der Waals surface area contributed by atoms with Crippen LogP contribution < -0.4 is 0 Å². The molecule has 22 heavy (non-hydrogen) atoms. The van der Waals surface area contributed by atoms with Crippen molar-refractivity contribution in [3.8, 4) is 11.1 Å². The van der Waals surface area contributed by atoms with Crippen molar-refractivity contribution in [2.75, 3.05) is 0 Å². The highest BCUT2D eigenvalue weighted by Crippen LogP contribution is 2.43. The molecular formula is C21H27Br. The first-order valence-corrected chi connectivity index (χ1v) is 9.05. The second kappa shape index (κ2) is 7.00. The van der Waals surface area contributed by atoms with Gasteiger partial charge in [-0.2, -0.15) is 0 Å². The third-order valence-corrected chi connectivity index (χ3v) is 4.86. The van der Waals surface area contributed by atoms with E-state index in [2.05, 4.69) is 93.9 Å². The SMILES string of the molecule is CC(C)c1cc(Br)c(-c2ccccc2)c(C(C)C)c1C(C)C. The molecule has 0 atom stereocenters. The van der Waals surface area contributed by atoms with E-state index in [4.69, 9.17) is 0 Å². The molecule has 0 bridgehead atoms. The van der Waals surface area contributed by atoms with Gasteiger partial charge >= 0.3 is 0 Å². The molecule has 0 N–H and O–H groups in total. The Labute approximate surface area is 144 Å². The lowest BCUT2D eigenvalue weighted by molar-refractivity contribution is 0.748. The zero-order valence-electron chi connectivity index (χ0n) is 14.6. The summed E-state index contributed by atoms with van der Waals surface area (Å²) in [6.07, 6.45) is 0. The van der Waals surface area contributed by atoms with E-state index in [1.165, 1.54) is 32.3 Å². The Bertz CT molecular complexity index is 637. The van der Waals surface area contributed by atoms with Gasteiger partial charge < -0.3 is 0 Å². The van der Waals surface area contributed by atoms with Crippen LogP contribution >= 0.6 is 15.9 Å². The van der Waals surface area contributed by atoms with Crippen LogP contribution in [-0.2, 0) is 0 Å². The summed E-state index contributed by atoms with van der Waals surface area (Å²) < 4.78 is 1.22. The first-order valence-electron chi connectivity index (χ1n) is 8.26. The van der Waals surface area contributed by atoms with Crippen LogP contribution in [0, 0.1) is 0 Å². The topological polar surface area (TPSA) is 0 Å². The van der Waals surface area contributed by atoms with Crippen LogP contribution in [0.15, 0.2) is 40.9 Å². The van der Waals surface area contributed by atoms with Crippen molar-refractivity contribution in [1.82, 2.24) is 0 Å². The van der Waals surface area contributed by atoms with Gasteiger partial charge in [-0.1, -0.05) is 87.8 Å². The lowest BCUT2D eigenvalue weighted by atomic mass is 9.79. The van der Waals surface area contributed by atoms with E-state index in [0.29, 0.717) is 17.8 Å². The van der Waals surface area contributed by atoms with E-state index >= 15 is 0 Å². The maximum Gasteiger partial charge on any atom is 0.0259 e. The van der Waals surface area contributed by atoms with Gasteiger partial charge in [0, 0.05) is 4.47 Å². The lowest BCUT2D eigenvalue weighted by Crippen LogP contribution is -2.08. The molecule has 0 saturated heterocycles. The van der Waals surface area contributed by atoms with Gasteiger partial charge in [-0.3, -0.25) is 0 Å². The highest BCUT2D eigenvalue weighted by Gasteiger charge is 2.23. The standard InChI is InChI=1S/C21H27Br/c1-13(2)17-12-18(22)21(16-10-8-7-9-11-16)20(15(5)6)19(17)14(3)4/h7-15H,1-6H3. The molecule has 2 rings (SSSR count). The van der Waals surface area contributed by atoms with Crippen LogP contribution in [0.3, 0.4) is 0 Å². The van der Waals surface area contributed by atoms with E-state index in [1.54, 1.807) is 0 Å². The highest BCUT2D eigenvalue weighted by molar-refractivity contribution is 9.10. The Morgan fingerprint density at radius 3 is 1.73 bits per heavy atom. The quantitative estimate of drug-likeness (QED) is 0.530. The number of hydrogen-bond donors (Lipinski definition) is 0. The molecule has 0 aliphatic heterocycles. The second-order valence-corrected chi connectivity index (χ2v) is 7.83. The lowest BCUT2D eigenvalue weighted by Gasteiger charge is -2.27. The Balaban J connectivity index is 2.87. The van der Waals surface area contributed by atoms with Gasteiger partial charge in [0.05, 0.1) is 0 Å². The first-order chi connectivity index (χ1) is 10.3. The molecule has 0 radical (unpaired) electrons. The van der Waals surface area contributed by atoms with Crippen molar-refractivity contribution < 1.29 is 0 Å². The minimum atomic E-state index is 0.502. The van der Waals surface area contributed by atoms with Gasteiger partial charge in [0.15, 0.2) is 0 Å². The summed E-state index contributed by atoms with van der Waals surface area (Å²) in [5, 5.41) is 0. The minimum absolute atomic E-state index is 0.502. The van der Waals surface area contributed by atoms with Crippen LogP contribution in [0.4, 0.5) is 0 Å². The molecule has 0 aromatic heterocycles. The predicted molar refractivity (Wildman–Crippen MR) is 102 cm³/mol. The number of halogens is 1. The summed E-state index contributed by atoms with van der Waals surface area (Å²) in [5.74, 6) is 1.57. The molecule has 2 aromatic carbocycles. The Kier molecular flexibility index (Phi) is 5.50. The smallest absolute Gasteiger partial charge is 0.0259 e. The molecule has 2 aromatic rings. The summed E-state index contributed by atoms with van der Waals surface area (Å²) in [6.45, 7) is 13.8. The van der Waals surface area contributed by atoms with E-state index < -0.39 is 0 Å². The number of rotatable bonds is 4. The third-order valence-electron chi connectivity index (χ3n) is 4.23. The average molecular weight is 359 g/mol. The van der Waals surface area contributed by atoms with Crippen molar-refractivity contribution in [1.29, 1.82) is 0 Å². The van der Waals surface area contributed by atoms with Crippen LogP contribution in [0.1, 0.15) is 76.0 Å². The van der Waals surface area contributed by atoms with Crippen molar-refractivity contribution in [3.05, 3.63) is 57.6 Å². The molecule has 0 aliphatic rings. The van der Waals surface area contributed by atoms with E-state index in [-0.39, 0.29) is 0 Å². The van der Waals surface area contributed by atoms with E-state index in [1.807, 2.05) is 0 Å². The summed E-state index contributed by atoms with van der Waals surface area (Å²) in [4.78, 5) is 0. The van der Waals surface area contributed by atoms with E-state index in [0.717, 1.165) is 0 Å². The Morgan fingerprint density at radius 2 is 1.27 bits per heavy atom. The van der Waals surface area contributed by atoms with Crippen molar-refractivity contribution in [2.45, 2.75) is 59.3 Å². The minimum Gasteiger partial charge on any atom is -0.0622 e. The maximum atomic E-state index is 3.85. The van der Waals surface area contributed by atoms with Crippen molar-refractivity contribution in [3.63, 3.8) is 0 Å². The highest BCUT2D eigenvalue weighted by atomic mass is 79.9. The van der Waals surface area contributed by atoms with Crippen molar-refractivity contribution >= 4 is 15.9 Å². The van der Waals surface area contributed by atoms with Gasteiger partial charge in [0.1, 0.15) is 0 Å². The van der Waals surface area contributed by atoms with Gasteiger partial charge in [0.25, 0.3) is 0 Å². The van der Waals surface area contributed by atoms with Crippen LogP contribution in [0.25, 0.3) is 11.1 Å². The Morgan fingerprint density at radius 1 is 0.727 bits per heavy atom. The van der Waals surface area contributed by atoms with Crippen LogP contribution in [-0.4, -0.2) is 0 Å². The molecule has 0 fully saturated rings. The number of hydrogen-bond acceptors (Lipinski definition) is 0. The van der Waals surface area contributed by atoms with Gasteiger partial charge in [0.2, 0.25) is 0 Å². The van der Waals surface area contributed by atoms with Crippen molar-refractivity contribution in [2.24, 2.45) is 0 Å². The molecule has 1 heteroatoms. The summed E-state index contributed by atoms with van der Waals surface area (Å²) in [5.41, 5.74) is 7.18. The molecule has 0 unspecified atom stereocenters. The fourth-order valence-corrected chi connectivity index (χ4v) is 4.01. The molecule has 0 aliphatic carbocycles. The summed E-state index contributed by atoms with van der Waals surface area (Å²) >= 11 is 3.85. The molecule has 0 heterocycles. The van der Waals surface area contributed by atoms with Gasteiger partial charge in [-0.25, -0.2) is 0 Å². The first kappa shape index (κ1) is 17.3. The molecule has 118 valence electrons. The van der Waals surface area contributed by atoms with Crippen LogP contribution in [0.2, 0.25) is 0 Å². The zero-order valence-corrected chi connectivity index (χ0v) is 16.2. The number of benzene rings is 2. The predicted octanol–water partition coefficient (Wildman–Crippen LogP) is 7.49. The average Bonchev–Trinajstić information content (AvgIpc) is 2.46. The summed E-state index contributed by atoms with van der Waals surface area (Å²) in [6, 6.07) is 13.1. The Hall–Kier alpha value is -1.08. The molecular weight excluding hydrogens is 332 g/mol. The second-order valence-electron chi connectivity index (χ2n) is 6.98. The van der Waals surface area contributed by atoms with Crippen LogP contribution in [0.5, 0.6) is 0 Å². The third kappa shape index (κ3) is 3.30. The van der Waals surface area contributed by atoms with E-state index in [9.17, 15) is 0 Å². The molecule has 0 spiro atoms. The normalized spacial score (nSPS) is 11.7. The largest absolute Gasteiger partial charge is 0.0622 e.